The van der Waals surface area contributed by atoms with Gasteiger partial charge in [0.05, 0.1) is 0 Å². The summed E-state index contributed by atoms with van der Waals surface area (Å²) in [6.07, 6.45) is 12.0. The highest BCUT2D eigenvalue weighted by Crippen LogP contribution is 2.15. The molecule has 21 heavy (non-hydrogen) atoms. The monoisotopic (exact) mass is 296 g/mol. The number of allylic oxidation sites excluding steroid dienone is 2. The summed E-state index contributed by atoms with van der Waals surface area (Å²) in [5.74, 6) is 0.00532. The molecular formula is C16H28N2O3. The molecule has 5 heteroatoms. The number of hydrogen-bond donors (Lipinski definition) is 2. The van der Waals surface area contributed by atoms with E-state index in [-0.39, 0.29) is 18.1 Å². The van der Waals surface area contributed by atoms with E-state index < -0.39 is 0 Å². The largest absolute Gasteiger partial charge is 0.446 e. The molecule has 0 aromatic heterocycles. The third kappa shape index (κ3) is 9.93. The van der Waals surface area contributed by atoms with E-state index in [0.717, 1.165) is 51.4 Å². The summed E-state index contributed by atoms with van der Waals surface area (Å²) in [5.41, 5.74) is 0. The van der Waals surface area contributed by atoms with Gasteiger partial charge in [-0.3, -0.25) is 4.79 Å². The highest BCUT2D eigenvalue weighted by Gasteiger charge is 2.14. The van der Waals surface area contributed by atoms with Gasteiger partial charge in [0.2, 0.25) is 5.91 Å². The minimum absolute atomic E-state index is 0.00532. The predicted molar refractivity (Wildman–Crippen MR) is 83.0 cm³/mol. The zero-order valence-electron chi connectivity index (χ0n) is 13.0. The van der Waals surface area contributed by atoms with E-state index >= 15 is 0 Å². The van der Waals surface area contributed by atoms with Gasteiger partial charge in [0.1, 0.15) is 6.10 Å². The summed E-state index contributed by atoms with van der Waals surface area (Å²) in [5, 5.41) is 5.55. The number of unbranched alkanes of at least 4 members (excludes halogenated alkanes) is 2. The zero-order chi connectivity index (χ0) is 15.3. The lowest BCUT2D eigenvalue weighted by molar-refractivity contribution is -0.118. The molecule has 1 aliphatic rings. The molecule has 2 N–H and O–H groups in total. The molecule has 0 heterocycles. The number of carbonyl (C=O) groups is 2. The Kier molecular flexibility index (Phi) is 9.33. The van der Waals surface area contributed by atoms with Crippen molar-refractivity contribution in [2.45, 2.75) is 64.4 Å². The van der Waals surface area contributed by atoms with Crippen LogP contribution in [0.5, 0.6) is 0 Å². The Morgan fingerprint density at radius 3 is 2.52 bits per heavy atom. The first-order valence-corrected chi connectivity index (χ1v) is 8.02. The molecule has 2 amide bonds. The molecule has 0 saturated heterocycles. The van der Waals surface area contributed by atoms with Crippen molar-refractivity contribution in [3.8, 4) is 0 Å². The van der Waals surface area contributed by atoms with Crippen LogP contribution in [0.15, 0.2) is 12.2 Å². The van der Waals surface area contributed by atoms with Crippen molar-refractivity contribution < 1.29 is 14.3 Å². The normalized spacial score (nSPS) is 20.0. The third-order valence-electron chi connectivity index (χ3n) is 3.49. The van der Waals surface area contributed by atoms with Crippen LogP contribution < -0.4 is 10.6 Å². The summed E-state index contributed by atoms with van der Waals surface area (Å²) >= 11 is 0. The maximum absolute atomic E-state index is 11.7. The van der Waals surface area contributed by atoms with Gasteiger partial charge < -0.3 is 15.4 Å². The van der Waals surface area contributed by atoms with Crippen LogP contribution in [0.1, 0.15) is 58.3 Å². The summed E-state index contributed by atoms with van der Waals surface area (Å²) in [4.78, 5) is 22.3. The number of rotatable bonds is 7. The van der Waals surface area contributed by atoms with E-state index in [1.54, 1.807) is 0 Å². The fourth-order valence-corrected chi connectivity index (χ4v) is 2.32. The van der Waals surface area contributed by atoms with E-state index in [1.165, 1.54) is 6.92 Å². The molecule has 0 fully saturated rings. The first-order chi connectivity index (χ1) is 10.2. The second-order valence-electron chi connectivity index (χ2n) is 5.48. The van der Waals surface area contributed by atoms with Crippen LogP contribution >= 0.6 is 0 Å². The molecule has 1 rings (SSSR count). The lowest BCUT2D eigenvalue weighted by Gasteiger charge is -2.18. The highest BCUT2D eigenvalue weighted by molar-refractivity contribution is 5.72. The molecule has 0 radical (unpaired) electrons. The number of carbonyl (C=O) groups excluding carboxylic acids is 2. The van der Waals surface area contributed by atoms with Gasteiger partial charge in [-0.05, 0) is 51.4 Å². The number of amides is 2. The Balaban J connectivity index is 2.00. The molecule has 5 nitrogen and oxygen atoms in total. The molecule has 120 valence electrons. The fraction of sp³-hybridized carbons (Fsp3) is 0.750. The average Bonchev–Trinajstić information content (AvgIpc) is 2.40. The standard InChI is InChI=1S/C16H28N2O3/c1-14(19)17-12-8-5-9-13-18-16(20)21-15-10-6-3-2-4-7-11-15/h2-3,15H,4-13H2,1H3,(H,17,19)(H,18,20)/b3-2+. The van der Waals surface area contributed by atoms with E-state index in [2.05, 4.69) is 22.8 Å². The molecule has 0 saturated carbocycles. The van der Waals surface area contributed by atoms with Crippen molar-refractivity contribution in [3.05, 3.63) is 12.2 Å². The Morgan fingerprint density at radius 2 is 1.76 bits per heavy atom. The van der Waals surface area contributed by atoms with Crippen molar-refractivity contribution in [1.29, 1.82) is 0 Å². The van der Waals surface area contributed by atoms with Crippen LogP contribution in [0.4, 0.5) is 4.79 Å². The molecular weight excluding hydrogens is 268 g/mol. The lowest BCUT2D eigenvalue weighted by atomic mass is 10.0. The molecule has 0 aromatic rings. The zero-order valence-corrected chi connectivity index (χ0v) is 13.0. The van der Waals surface area contributed by atoms with Crippen molar-refractivity contribution in [2.24, 2.45) is 0 Å². The van der Waals surface area contributed by atoms with Crippen molar-refractivity contribution in [3.63, 3.8) is 0 Å². The van der Waals surface area contributed by atoms with Crippen LogP contribution in [-0.2, 0) is 9.53 Å². The molecule has 1 atom stereocenters. The van der Waals surface area contributed by atoms with Crippen LogP contribution in [-0.4, -0.2) is 31.2 Å². The molecule has 1 unspecified atom stereocenters. The minimum atomic E-state index is -0.300. The number of hydrogen-bond acceptors (Lipinski definition) is 3. The van der Waals surface area contributed by atoms with Gasteiger partial charge in [-0.25, -0.2) is 4.79 Å². The Bertz CT molecular complexity index is 342. The van der Waals surface area contributed by atoms with Gasteiger partial charge in [0, 0.05) is 20.0 Å². The summed E-state index contributed by atoms with van der Waals surface area (Å²) in [6, 6.07) is 0. The minimum Gasteiger partial charge on any atom is -0.446 e. The number of ether oxygens (including phenoxy) is 1. The van der Waals surface area contributed by atoms with Crippen molar-refractivity contribution in [2.75, 3.05) is 13.1 Å². The molecule has 0 aliphatic heterocycles. The average molecular weight is 296 g/mol. The summed E-state index contributed by atoms with van der Waals surface area (Å²) < 4.78 is 5.45. The Labute approximate surface area is 127 Å². The van der Waals surface area contributed by atoms with Crippen LogP contribution in [0.2, 0.25) is 0 Å². The Morgan fingerprint density at radius 1 is 1.05 bits per heavy atom. The van der Waals surface area contributed by atoms with Crippen LogP contribution in [0, 0.1) is 0 Å². The van der Waals surface area contributed by atoms with Gasteiger partial charge in [-0.2, -0.15) is 0 Å². The molecule has 0 spiro atoms. The highest BCUT2D eigenvalue weighted by atomic mass is 16.6. The second-order valence-corrected chi connectivity index (χ2v) is 5.48. The predicted octanol–water partition coefficient (Wildman–Crippen LogP) is 2.91. The first-order valence-electron chi connectivity index (χ1n) is 8.02. The van der Waals surface area contributed by atoms with E-state index in [4.69, 9.17) is 4.74 Å². The maximum Gasteiger partial charge on any atom is 0.407 e. The molecule has 1 aliphatic carbocycles. The lowest BCUT2D eigenvalue weighted by Crippen LogP contribution is -2.30. The van der Waals surface area contributed by atoms with Gasteiger partial charge in [-0.15, -0.1) is 0 Å². The number of nitrogens with one attached hydrogen (secondary N) is 2. The van der Waals surface area contributed by atoms with Gasteiger partial charge in [0.25, 0.3) is 0 Å². The van der Waals surface area contributed by atoms with E-state index in [1.807, 2.05) is 0 Å². The molecule has 0 bridgehead atoms. The Hall–Kier alpha value is -1.52. The summed E-state index contributed by atoms with van der Waals surface area (Å²) in [7, 11) is 0. The topological polar surface area (TPSA) is 67.4 Å². The SMILES string of the molecule is CC(=O)NCCCCCNC(=O)OC1CC/C=C/CCC1. The van der Waals surface area contributed by atoms with Gasteiger partial charge >= 0.3 is 6.09 Å². The van der Waals surface area contributed by atoms with Crippen molar-refractivity contribution >= 4 is 12.0 Å². The summed E-state index contributed by atoms with van der Waals surface area (Å²) in [6.45, 7) is 2.85. The van der Waals surface area contributed by atoms with Crippen LogP contribution in [0.25, 0.3) is 0 Å². The van der Waals surface area contributed by atoms with Gasteiger partial charge in [0.15, 0.2) is 0 Å². The van der Waals surface area contributed by atoms with E-state index in [9.17, 15) is 9.59 Å². The fourth-order valence-electron chi connectivity index (χ4n) is 2.32. The quantitative estimate of drug-likeness (QED) is 0.560. The van der Waals surface area contributed by atoms with Crippen molar-refractivity contribution in [1.82, 2.24) is 10.6 Å². The van der Waals surface area contributed by atoms with Crippen LogP contribution in [0.3, 0.4) is 0 Å². The second kappa shape index (κ2) is 11.2. The first kappa shape index (κ1) is 17.5. The maximum atomic E-state index is 11.7. The van der Waals surface area contributed by atoms with E-state index in [0.29, 0.717) is 13.1 Å². The van der Waals surface area contributed by atoms with Gasteiger partial charge in [-0.1, -0.05) is 12.2 Å². The molecule has 0 aromatic carbocycles. The third-order valence-corrected chi connectivity index (χ3v) is 3.49. The smallest absolute Gasteiger partial charge is 0.407 e. The number of alkyl carbamates (subject to hydrolysis) is 1.